The van der Waals surface area contributed by atoms with E-state index in [2.05, 4.69) is 4.99 Å². The monoisotopic (exact) mass is 207 g/mol. The molecule has 0 amide bonds. The number of ether oxygens (including phenoxy) is 1. The summed E-state index contributed by atoms with van der Waals surface area (Å²) in [4.78, 5) is 16.4. The van der Waals surface area contributed by atoms with Gasteiger partial charge in [0.05, 0.1) is 4.88 Å². The maximum Gasteiger partial charge on any atom is 0.363 e. The molecule has 0 fully saturated rings. The van der Waals surface area contributed by atoms with Gasteiger partial charge >= 0.3 is 5.97 Å². The van der Waals surface area contributed by atoms with E-state index in [4.69, 9.17) is 4.74 Å². The molecule has 0 spiro atoms. The molecule has 14 heavy (non-hydrogen) atoms. The molecule has 3 nitrogen and oxygen atoms in total. The van der Waals surface area contributed by atoms with Crippen molar-refractivity contribution in [2.45, 2.75) is 13.8 Å². The summed E-state index contributed by atoms with van der Waals surface area (Å²) in [5, 5.41) is 1.92. The van der Waals surface area contributed by atoms with Gasteiger partial charge in [0.1, 0.15) is 0 Å². The van der Waals surface area contributed by atoms with Gasteiger partial charge in [0, 0.05) is 0 Å². The Labute approximate surface area is 85.7 Å². The van der Waals surface area contributed by atoms with E-state index in [0.29, 0.717) is 11.6 Å². The summed E-state index contributed by atoms with van der Waals surface area (Å²) >= 11 is 1.51. The van der Waals surface area contributed by atoms with Crippen LogP contribution in [0, 0.1) is 0 Å². The Morgan fingerprint density at radius 1 is 1.50 bits per heavy atom. The highest BCUT2D eigenvalue weighted by Gasteiger charge is 2.25. The van der Waals surface area contributed by atoms with Crippen LogP contribution >= 0.6 is 11.3 Å². The molecule has 0 unspecified atom stereocenters. The highest BCUT2D eigenvalue weighted by molar-refractivity contribution is 7.12. The van der Waals surface area contributed by atoms with Gasteiger partial charge in [-0.2, -0.15) is 0 Å². The fraction of sp³-hybridized carbons (Fsp3) is 0.200. The molecule has 0 radical (unpaired) electrons. The molecule has 0 aliphatic carbocycles. The number of aliphatic imine (C=N–C) groups is 1. The van der Waals surface area contributed by atoms with E-state index in [9.17, 15) is 4.79 Å². The molecule has 0 N–H and O–H groups in total. The maximum atomic E-state index is 11.3. The predicted molar refractivity (Wildman–Crippen MR) is 55.3 cm³/mol. The number of cyclic esters (lactones) is 1. The first-order valence-corrected chi connectivity index (χ1v) is 5.08. The first-order chi connectivity index (χ1) is 6.68. The Kier molecular flexibility index (Phi) is 2.21. The number of esters is 1. The van der Waals surface area contributed by atoms with Crippen molar-refractivity contribution in [1.29, 1.82) is 0 Å². The van der Waals surface area contributed by atoms with E-state index < -0.39 is 0 Å². The average molecular weight is 207 g/mol. The van der Waals surface area contributed by atoms with Crippen LogP contribution in [0.25, 0.3) is 0 Å². The summed E-state index contributed by atoms with van der Waals surface area (Å²) in [6.07, 6.45) is 0. The molecule has 2 heterocycles. The molecule has 1 aliphatic heterocycles. The fourth-order valence-corrected chi connectivity index (χ4v) is 1.78. The Bertz CT molecular complexity index is 425. The Hall–Kier alpha value is -1.42. The zero-order valence-electron chi connectivity index (χ0n) is 7.90. The number of hydrogen-bond donors (Lipinski definition) is 0. The minimum atomic E-state index is -0.353. The lowest BCUT2D eigenvalue weighted by Crippen LogP contribution is -2.03. The third-order valence-electron chi connectivity index (χ3n) is 1.80. The van der Waals surface area contributed by atoms with Crippen LogP contribution in [0.4, 0.5) is 0 Å². The normalized spacial score (nSPS) is 15.4. The van der Waals surface area contributed by atoms with Crippen LogP contribution < -0.4 is 0 Å². The molecule has 1 aliphatic rings. The number of nitrogens with zero attached hydrogens (tertiary/aromatic N) is 1. The van der Waals surface area contributed by atoms with Crippen LogP contribution in [0.2, 0.25) is 0 Å². The first kappa shape index (κ1) is 9.15. The molecule has 0 saturated heterocycles. The Morgan fingerprint density at radius 2 is 2.29 bits per heavy atom. The molecule has 0 atom stereocenters. The minimum absolute atomic E-state index is 0.353. The molecular weight excluding hydrogens is 198 g/mol. The van der Waals surface area contributed by atoms with Crippen molar-refractivity contribution in [3.8, 4) is 0 Å². The van der Waals surface area contributed by atoms with Gasteiger partial charge in [0.15, 0.2) is 5.70 Å². The van der Waals surface area contributed by atoms with Gasteiger partial charge < -0.3 is 4.74 Å². The van der Waals surface area contributed by atoms with Crippen LogP contribution in [0.5, 0.6) is 0 Å². The highest BCUT2D eigenvalue weighted by atomic mass is 32.1. The van der Waals surface area contributed by atoms with E-state index in [1.165, 1.54) is 11.3 Å². The van der Waals surface area contributed by atoms with E-state index >= 15 is 0 Å². The number of carbonyl (C=O) groups excluding carboxylic acids is 1. The van der Waals surface area contributed by atoms with Gasteiger partial charge in [0.2, 0.25) is 5.90 Å². The van der Waals surface area contributed by atoms with Crippen molar-refractivity contribution in [1.82, 2.24) is 0 Å². The molecule has 1 aromatic heterocycles. The second-order valence-corrected chi connectivity index (χ2v) is 4.08. The van der Waals surface area contributed by atoms with Crippen LogP contribution in [0.3, 0.4) is 0 Å². The number of rotatable bonds is 1. The SMILES string of the molecule is CC(C)=C1N=C(c2cccs2)OC1=O. The van der Waals surface area contributed by atoms with Crippen molar-refractivity contribution < 1.29 is 9.53 Å². The van der Waals surface area contributed by atoms with E-state index in [1.807, 2.05) is 31.4 Å². The highest BCUT2D eigenvalue weighted by Crippen LogP contribution is 2.21. The van der Waals surface area contributed by atoms with Gasteiger partial charge in [-0.05, 0) is 30.9 Å². The predicted octanol–water partition coefficient (Wildman–Crippen LogP) is 2.35. The molecule has 4 heteroatoms. The third-order valence-corrected chi connectivity index (χ3v) is 2.66. The minimum Gasteiger partial charge on any atom is -0.401 e. The topological polar surface area (TPSA) is 38.7 Å². The number of hydrogen-bond acceptors (Lipinski definition) is 4. The second kappa shape index (κ2) is 3.38. The molecular formula is C10H9NO2S. The third kappa shape index (κ3) is 1.48. The van der Waals surface area contributed by atoms with Gasteiger partial charge in [-0.3, -0.25) is 0 Å². The second-order valence-electron chi connectivity index (χ2n) is 3.13. The van der Waals surface area contributed by atoms with E-state index in [-0.39, 0.29) is 5.97 Å². The maximum absolute atomic E-state index is 11.3. The van der Waals surface area contributed by atoms with Gasteiger partial charge in [-0.25, -0.2) is 9.79 Å². The quantitative estimate of drug-likeness (QED) is 0.523. The Balaban J connectivity index is 2.39. The smallest absolute Gasteiger partial charge is 0.363 e. The largest absolute Gasteiger partial charge is 0.401 e. The fourth-order valence-electron chi connectivity index (χ4n) is 1.13. The van der Waals surface area contributed by atoms with Crippen molar-refractivity contribution in [3.63, 3.8) is 0 Å². The van der Waals surface area contributed by atoms with Crippen LogP contribution in [-0.2, 0) is 9.53 Å². The first-order valence-electron chi connectivity index (χ1n) is 4.20. The van der Waals surface area contributed by atoms with Crippen molar-refractivity contribution in [3.05, 3.63) is 33.7 Å². The van der Waals surface area contributed by atoms with Crippen LogP contribution in [0.1, 0.15) is 18.7 Å². The van der Waals surface area contributed by atoms with E-state index in [1.54, 1.807) is 0 Å². The summed E-state index contributed by atoms with van der Waals surface area (Å²) in [7, 11) is 0. The zero-order chi connectivity index (χ0) is 10.1. The lowest BCUT2D eigenvalue weighted by Gasteiger charge is -1.92. The molecule has 0 saturated carbocycles. The van der Waals surface area contributed by atoms with E-state index in [0.717, 1.165) is 10.5 Å². The molecule has 0 aromatic carbocycles. The van der Waals surface area contributed by atoms with Gasteiger partial charge in [-0.15, -0.1) is 11.3 Å². The van der Waals surface area contributed by atoms with Crippen LogP contribution in [0.15, 0.2) is 33.8 Å². The Morgan fingerprint density at radius 3 is 2.79 bits per heavy atom. The number of carbonyl (C=O) groups is 1. The van der Waals surface area contributed by atoms with Crippen molar-refractivity contribution >= 4 is 23.2 Å². The summed E-state index contributed by atoms with van der Waals surface area (Å²) in [5.41, 5.74) is 1.30. The number of thiophene rings is 1. The number of allylic oxidation sites excluding steroid dienone is 1. The summed E-state index contributed by atoms with van der Waals surface area (Å²) in [5.74, 6) is 0.0644. The lowest BCUT2D eigenvalue weighted by molar-refractivity contribution is -0.130. The zero-order valence-corrected chi connectivity index (χ0v) is 8.72. The standard InChI is InChI=1S/C10H9NO2S/c1-6(2)8-10(12)13-9(11-8)7-4-3-5-14-7/h3-5H,1-2H3. The van der Waals surface area contributed by atoms with Gasteiger partial charge in [-0.1, -0.05) is 6.07 Å². The molecule has 1 aromatic rings. The average Bonchev–Trinajstić information content (AvgIpc) is 2.70. The molecule has 2 rings (SSSR count). The van der Waals surface area contributed by atoms with Gasteiger partial charge in [0.25, 0.3) is 0 Å². The van der Waals surface area contributed by atoms with Crippen LogP contribution in [-0.4, -0.2) is 11.9 Å². The molecule has 0 bridgehead atoms. The molecule has 72 valence electrons. The van der Waals surface area contributed by atoms with Crippen molar-refractivity contribution in [2.24, 2.45) is 4.99 Å². The van der Waals surface area contributed by atoms with Crippen molar-refractivity contribution in [2.75, 3.05) is 0 Å². The lowest BCUT2D eigenvalue weighted by atomic mass is 10.3. The summed E-state index contributed by atoms with van der Waals surface area (Å²) in [6.45, 7) is 3.69. The summed E-state index contributed by atoms with van der Waals surface area (Å²) < 4.78 is 5.04. The summed E-state index contributed by atoms with van der Waals surface area (Å²) in [6, 6.07) is 3.78.